The molecule has 1 aromatic carbocycles. The molecule has 0 radical (unpaired) electrons. The lowest BCUT2D eigenvalue weighted by molar-refractivity contribution is 0.366. The highest BCUT2D eigenvalue weighted by Gasteiger charge is 2.23. The number of benzene rings is 1. The molecule has 1 aromatic rings. The molecule has 0 N–H and O–H groups in total. The monoisotopic (exact) mass is 222 g/mol. The van der Waals surface area contributed by atoms with Crippen LogP contribution in [0.1, 0.15) is 39.2 Å². The van der Waals surface area contributed by atoms with Gasteiger partial charge in [0, 0.05) is 10.9 Å². The van der Waals surface area contributed by atoms with Crippen LogP contribution in [0, 0.1) is 5.41 Å². The van der Waals surface area contributed by atoms with Crippen molar-refractivity contribution >= 4 is 11.6 Å². The highest BCUT2D eigenvalue weighted by atomic mass is 35.5. The number of hydrogen-bond donors (Lipinski definition) is 0. The van der Waals surface area contributed by atoms with Crippen LogP contribution >= 0.6 is 11.6 Å². The van der Waals surface area contributed by atoms with E-state index in [1.165, 1.54) is 5.56 Å². The molecule has 0 saturated heterocycles. The second-order valence-electron chi connectivity index (χ2n) is 4.92. The van der Waals surface area contributed by atoms with Crippen molar-refractivity contribution in [1.82, 2.24) is 0 Å². The van der Waals surface area contributed by atoms with Crippen LogP contribution in [0.2, 0.25) is 5.02 Å². The summed E-state index contributed by atoms with van der Waals surface area (Å²) in [6.07, 6.45) is 4.37. The highest BCUT2D eigenvalue weighted by Crippen LogP contribution is 2.36. The van der Waals surface area contributed by atoms with Crippen molar-refractivity contribution in [2.75, 3.05) is 0 Å². The Morgan fingerprint density at radius 3 is 2.07 bits per heavy atom. The lowest BCUT2D eigenvalue weighted by atomic mass is 9.76. The SMILES string of the molecule is C/C=C\C(c1ccc(Cl)cc1)C(C)(C)C. The maximum absolute atomic E-state index is 5.89. The summed E-state index contributed by atoms with van der Waals surface area (Å²) in [6.45, 7) is 8.83. The molecule has 0 fully saturated rings. The first-order valence-corrected chi connectivity index (χ1v) is 5.71. The molecule has 0 bridgehead atoms. The minimum absolute atomic E-state index is 0.236. The van der Waals surface area contributed by atoms with Crippen molar-refractivity contribution in [3.63, 3.8) is 0 Å². The summed E-state index contributed by atoms with van der Waals surface area (Å²) in [6, 6.07) is 8.13. The summed E-state index contributed by atoms with van der Waals surface area (Å²) >= 11 is 5.89. The third kappa shape index (κ3) is 3.39. The fourth-order valence-electron chi connectivity index (χ4n) is 1.76. The normalized spacial score (nSPS) is 14.5. The van der Waals surface area contributed by atoms with E-state index in [2.05, 4.69) is 52.0 Å². The van der Waals surface area contributed by atoms with Gasteiger partial charge in [0.2, 0.25) is 0 Å². The van der Waals surface area contributed by atoms with E-state index in [-0.39, 0.29) is 5.41 Å². The van der Waals surface area contributed by atoms with Crippen LogP contribution < -0.4 is 0 Å². The Hall–Kier alpha value is -0.750. The fraction of sp³-hybridized carbons (Fsp3) is 0.429. The van der Waals surface area contributed by atoms with E-state index in [9.17, 15) is 0 Å². The van der Waals surface area contributed by atoms with Gasteiger partial charge in [-0.25, -0.2) is 0 Å². The smallest absolute Gasteiger partial charge is 0.0406 e. The van der Waals surface area contributed by atoms with Crippen molar-refractivity contribution in [1.29, 1.82) is 0 Å². The summed E-state index contributed by atoms with van der Waals surface area (Å²) in [5, 5.41) is 0.798. The molecular formula is C14H19Cl. The summed E-state index contributed by atoms with van der Waals surface area (Å²) < 4.78 is 0. The third-order valence-corrected chi connectivity index (χ3v) is 2.80. The molecule has 0 aliphatic carbocycles. The van der Waals surface area contributed by atoms with E-state index >= 15 is 0 Å². The Kier molecular flexibility index (Phi) is 3.98. The molecular weight excluding hydrogens is 204 g/mol. The van der Waals surface area contributed by atoms with E-state index in [0.717, 1.165) is 5.02 Å². The van der Waals surface area contributed by atoms with Gasteiger partial charge in [-0.3, -0.25) is 0 Å². The molecule has 0 spiro atoms. The summed E-state index contributed by atoms with van der Waals surface area (Å²) in [5.41, 5.74) is 1.56. The van der Waals surface area contributed by atoms with Gasteiger partial charge in [0.05, 0.1) is 0 Å². The van der Waals surface area contributed by atoms with Crippen LogP contribution in [0.25, 0.3) is 0 Å². The quantitative estimate of drug-likeness (QED) is 0.615. The minimum atomic E-state index is 0.236. The van der Waals surface area contributed by atoms with Crippen molar-refractivity contribution in [2.45, 2.75) is 33.6 Å². The minimum Gasteiger partial charge on any atom is -0.0910 e. The van der Waals surface area contributed by atoms with Gasteiger partial charge in [-0.05, 0) is 30.0 Å². The Morgan fingerprint density at radius 2 is 1.67 bits per heavy atom. The first-order chi connectivity index (χ1) is 6.95. The average Bonchev–Trinajstić information content (AvgIpc) is 2.14. The summed E-state index contributed by atoms with van der Waals surface area (Å²) in [7, 11) is 0. The zero-order valence-corrected chi connectivity index (χ0v) is 10.7. The van der Waals surface area contributed by atoms with Gasteiger partial charge >= 0.3 is 0 Å². The van der Waals surface area contributed by atoms with Gasteiger partial charge in [0.25, 0.3) is 0 Å². The number of hydrogen-bond acceptors (Lipinski definition) is 0. The predicted molar refractivity (Wildman–Crippen MR) is 68.5 cm³/mol. The molecule has 82 valence electrons. The highest BCUT2D eigenvalue weighted by molar-refractivity contribution is 6.30. The van der Waals surface area contributed by atoms with E-state index < -0.39 is 0 Å². The fourth-order valence-corrected chi connectivity index (χ4v) is 1.89. The van der Waals surface area contributed by atoms with E-state index in [1.54, 1.807) is 0 Å². The molecule has 0 aliphatic rings. The van der Waals surface area contributed by atoms with E-state index in [0.29, 0.717) is 5.92 Å². The van der Waals surface area contributed by atoms with Crippen molar-refractivity contribution in [2.24, 2.45) is 5.41 Å². The molecule has 0 saturated carbocycles. The van der Waals surface area contributed by atoms with Gasteiger partial charge in [0.15, 0.2) is 0 Å². The van der Waals surface area contributed by atoms with Crippen molar-refractivity contribution < 1.29 is 0 Å². The van der Waals surface area contributed by atoms with Crippen LogP contribution in [0.4, 0.5) is 0 Å². The Morgan fingerprint density at radius 1 is 1.13 bits per heavy atom. The molecule has 0 amide bonds. The molecule has 0 aromatic heterocycles. The first-order valence-electron chi connectivity index (χ1n) is 5.33. The van der Waals surface area contributed by atoms with Gasteiger partial charge in [-0.15, -0.1) is 0 Å². The topological polar surface area (TPSA) is 0 Å². The van der Waals surface area contributed by atoms with Gasteiger partial charge in [-0.1, -0.05) is 56.7 Å². The molecule has 0 nitrogen and oxygen atoms in total. The zero-order valence-electron chi connectivity index (χ0n) is 9.92. The molecule has 1 atom stereocenters. The maximum atomic E-state index is 5.89. The summed E-state index contributed by atoms with van der Waals surface area (Å²) in [5.74, 6) is 0.444. The largest absolute Gasteiger partial charge is 0.0910 e. The zero-order chi connectivity index (χ0) is 11.5. The van der Waals surface area contributed by atoms with Crippen LogP contribution in [-0.4, -0.2) is 0 Å². The summed E-state index contributed by atoms with van der Waals surface area (Å²) in [4.78, 5) is 0. The van der Waals surface area contributed by atoms with Gasteiger partial charge in [0.1, 0.15) is 0 Å². The van der Waals surface area contributed by atoms with Gasteiger partial charge < -0.3 is 0 Å². The maximum Gasteiger partial charge on any atom is 0.0406 e. The van der Waals surface area contributed by atoms with E-state index in [4.69, 9.17) is 11.6 Å². The van der Waals surface area contributed by atoms with Crippen LogP contribution in [-0.2, 0) is 0 Å². The average molecular weight is 223 g/mol. The number of halogens is 1. The van der Waals surface area contributed by atoms with Crippen molar-refractivity contribution in [3.8, 4) is 0 Å². The Balaban J connectivity index is 3.05. The van der Waals surface area contributed by atoms with Crippen LogP contribution in [0.5, 0.6) is 0 Å². The molecule has 0 aliphatic heterocycles. The molecule has 1 rings (SSSR count). The second-order valence-corrected chi connectivity index (χ2v) is 5.36. The third-order valence-electron chi connectivity index (χ3n) is 2.55. The lowest BCUT2D eigenvalue weighted by Gasteiger charge is -2.28. The molecule has 1 heteroatoms. The Bertz CT molecular complexity index is 327. The van der Waals surface area contributed by atoms with E-state index in [1.807, 2.05) is 12.1 Å². The molecule has 1 unspecified atom stereocenters. The van der Waals surface area contributed by atoms with Crippen LogP contribution in [0.3, 0.4) is 0 Å². The predicted octanol–water partition coefficient (Wildman–Crippen LogP) is 5.05. The number of allylic oxidation sites excluding steroid dienone is 2. The standard InChI is InChI=1S/C14H19Cl/c1-5-6-13(14(2,3)4)11-7-9-12(15)10-8-11/h5-10,13H,1-4H3/b6-5-. The van der Waals surface area contributed by atoms with Crippen LogP contribution in [0.15, 0.2) is 36.4 Å². The Labute approximate surface area is 98.0 Å². The second kappa shape index (κ2) is 4.85. The first kappa shape index (κ1) is 12.3. The lowest BCUT2D eigenvalue weighted by Crippen LogP contribution is -2.16. The molecule has 15 heavy (non-hydrogen) atoms. The number of rotatable bonds is 2. The van der Waals surface area contributed by atoms with Gasteiger partial charge in [-0.2, -0.15) is 0 Å². The van der Waals surface area contributed by atoms with Crippen molar-refractivity contribution in [3.05, 3.63) is 47.0 Å². The molecule has 0 heterocycles.